The first-order valence-corrected chi connectivity index (χ1v) is 10.2. The molecule has 4 rings (SSSR count). The quantitative estimate of drug-likeness (QED) is 0.749. The van der Waals surface area contributed by atoms with Gasteiger partial charge in [-0.2, -0.15) is 0 Å². The Balaban J connectivity index is 1.64. The molecule has 1 fully saturated rings. The van der Waals surface area contributed by atoms with Gasteiger partial charge in [0.25, 0.3) is 5.56 Å². The van der Waals surface area contributed by atoms with Crippen molar-refractivity contribution in [1.82, 2.24) is 14.8 Å². The summed E-state index contributed by atoms with van der Waals surface area (Å²) < 4.78 is 12.1. The number of rotatable bonds is 5. The van der Waals surface area contributed by atoms with Gasteiger partial charge in [-0.25, -0.2) is 4.79 Å². The van der Waals surface area contributed by atoms with Crippen molar-refractivity contribution in [2.24, 2.45) is 5.92 Å². The molecule has 2 aromatic heterocycles. The van der Waals surface area contributed by atoms with E-state index in [9.17, 15) is 14.4 Å². The molecule has 1 N–H and O–H groups in total. The summed E-state index contributed by atoms with van der Waals surface area (Å²) in [6.45, 7) is 5.62. The van der Waals surface area contributed by atoms with Crippen LogP contribution in [0.3, 0.4) is 0 Å². The number of furan rings is 1. The van der Waals surface area contributed by atoms with Crippen LogP contribution in [0.4, 0.5) is 0 Å². The van der Waals surface area contributed by atoms with Crippen LogP contribution >= 0.6 is 0 Å². The second-order valence-corrected chi connectivity index (χ2v) is 8.26. The smallest absolute Gasteiger partial charge is 0.328 e. The van der Waals surface area contributed by atoms with Crippen LogP contribution in [0.1, 0.15) is 42.5 Å². The number of pyridine rings is 1. The number of likely N-dealkylation sites (tertiary alicyclic amines) is 1. The van der Waals surface area contributed by atoms with Crippen molar-refractivity contribution in [3.63, 3.8) is 0 Å². The van der Waals surface area contributed by atoms with Crippen molar-refractivity contribution >= 4 is 11.9 Å². The van der Waals surface area contributed by atoms with Crippen LogP contribution in [0.25, 0.3) is 0 Å². The van der Waals surface area contributed by atoms with Gasteiger partial charge < -0.3 is 14.5 Å². The molecule has 0 aliphatic carbocycles. The molecular formula is C22H27N3O5. The molecule has 0 unspecified atom stereocenters. The maximum absolute atomic E-state index is 13.2. The summed E-state index contributed by atoms with van der Waals surface area (Å²) in [4.78, 5) is 40.0. The van der Waals surface area contributed by atoms with E-state index in [0.29, 0.717) is 13.1 Å². The minimum Gasteiger partial charge on any atom is -0.467 e. The summed E-state index contributed by atoms with van der Waals surface area (Å²) in [5, 5.41) is 2.73. The SMILES string of the molecule is COC(=O)[C@@H](C)NC(=O)[C@H]1[C@H]2C[C@H](CN(Cc3ccc(C)o3)C2)c2cccc(=O)n21. The molecular weight excluding hydrogens is 386 g/mol. The number of piperidine rings is 1. The predicted octanol–water partition coefficient (Wildman–Crippen LogP) is 1.59. The van der Waals surface area contributed by atoms with E-state index < -0.39 is 18.1 Å². The average molecular weight is 413 g/mol. The number of nitrogens with one attached hydrogen (secondary N) is 1. The van der Waals surface area contributed by atoms with Gasteiger partial charge in [0.15, 0.2) is 0 Å². The Morgan fingerprint density at radius 3 is 2.77 bits per heavy atom. The van der Waals surface area contributed by atoms with Crippen molar-refractivity contribution in [2.75, 3.05) is 20.2 Å². The third-order valence-electron chi connectivity index (χ3n) is 6.08. The van der Waals surface area contributed by atoms with E-state index in [1.807, 2.05) is 25.1 Å². The molecule has 1 saturated heterocycles. The number of carbonyl (C=O) groups is 2. The number of fused-ring (bicyclic) bond motifs is 4. The standard InChI is InChI=1S/C22H27N3O5/c1-13-7-8-17(30-13)12-24-10-15-9-16(11-24)20(21(27)23-14(2)22(28)29-3)25-18(15)5-4-6-19(25)26/h4-8,14-16,20H,9-12H2,1-3H3,(H,23,27)/t14-,15-,16+,20-/m1/s1. The zero-order chi connectivity index (χ0) is 21.4. The normalized spacial score (nSPS) is 24.0. The van der Waals surface area contributed by atoms with Crippen LogP contribution in [0.15, 0.2) is 39.5 Å². The Morgan fingerprint density at radius 1 is 1.27 bits per heavy atom. The number of hydrogen-bond acceptors (Lipinski definition) is 6. The number of ether oxygens (including phenoxy) is 1. The topological polar surface area (TPSA) is 93.8 Å². The van der Waals surface area contributed by atoms with E-state index in [2.05, 4.69) is 10.2 Å². The van der Waals surface area contributed by atoms with Crippen molar-refractivity contribution < 1.29 is 18.7 Å². The lowest BCUT2D eigenvalue weighted by atomic mass is 9.78. The second-order valence-electron chi connectivity index (χ2n) is 8.26. The number of aromatic nitrogens is 1. The maximum atomic E-state index is 13.2. The number of esters is 1. The molecule has 2 aliphatic rings. The Morgan fingerprint density at radius 2 is 2.07 bits per heavy atom. The van der Waals surface area contributed by atoms with Gasteiger partial charge >= 0.3 is 5.97 Å². The van der Waals surface area contributed by atoms with E-state index in [1.165, 1.54) is 13.2 Å². The summed E-state index contributed by atoms with van der Waals surface area (Å²) in [5.74, 6) is 1.03. The monoisotopic (exact) mass is 413 g/mol. The third kappa shape index (κ3) is 3.79. The van der Waals surface area contributed by atoms with Gasteiger partial charge in [0, 0.05) is 36.7 Å². The molecule has 8 heteroatoms. The Bertz CT molecular complexity index is 1010. The van der Waals surface area contributed by atoms with E-state index in [4.69, 9.17) is 9.15 Å². The van der Waals surface area contributed by atoms with Gasteiger partial charge in [0.05, 0.1) is 13.7 Å². The first kappa shape index (κ1) is 20.4. The number of nitrogens with zero attached hydrogens (tertiary/aromatic N) is 2. The fraction of sp³-hybridized carbons (Fsp3) is 0.500. The molecule has 160 valence electrons. The van der Waals surface area contributed by atoms with Crippen LogP contribution in [0, 0.1) is 12.8 Å². The number of aryl methyl sites for hydroxylation is 1. The molecule has 0 radical (unpaired) electrons. The van der Waals surface area contributed by atoms with E-state index >= 15 is 0 Å². The molecule has 0 aromatic carbocycles. The minimum atomic E-state index is -0.783. The Labute approximate surface area is 174 Å². The van der Waals surface area contributed by atoms with Gasteiger partial charge in [0.2, 0.25) is 5.91 Å². The number of carbonyl (C=O) groups excluding carboxylic acids is 2. The molecule has 30 heavy (non-hydrogen) atoms. The zero-order valence-corrected chi connectivity index (χ0v) is 17.5. The highest BCUT2D eigenvalue weighted by Crippen LogP contribution is 2.41. The molecule has 0 spiro atoms. The highest BCUT2D eigenvalue weighted by Gasteiger charge is 2.44. The van der Waals surface area contributed by atoms with Gasteiger partial charge in [-0.1, -0.05) is 6.07 Å². The molecule has 4 heterocycles. The average Bonchev–Trinajstić information content (AvgIpc) is 3.12. The highest BCUT2D eigenvalue weighted by molar-refractivity contribution is 5.86. The molecule has 0 saturated carbocycles. The van der Waals surface area contributed by atoms with Gasteiger partial charge in [-0.15, -0.1) is 0 Å². The van der Waals surface area contributed by atoms with Crippen LogP contribution in [0.5, 0.6) is 0 Å². The van der Waals surface area contributed by atoms with Gasteiger partial charge in [0.1, 0.15) is 23.6 Å². The first-order chi connectivity index (χ1) is 14.4. The lowest BCUT2D eigenvalue weighted by Gasteiger charge is -2.46. The van der Waals surface area contributed by atoms with Crippen molar-refractivity contribution in [2.45, 2.75) is 44.8 Å². The lowest BCUT2D eigenvalue weighted by molar-refractivity contribution is -0.145. The molecule has 2 aromatic rings. The molecule has 1 amide bonds. The number of hydrogen-bond donors (Lipinski definition) is 1. The van der Waals surface area contributed by atoms with E-state index in [-0.39, 0.29) is 23.3 Å². The maximum Gasteiger partial charge on any atom is 0.328 e. The fourth-order valence-corrected chi connectivity index (χ4v) is 4.82. The van der Waals surface area contributed by atoms with Crippen LogP contribution in [-0.4, -0.2) is 47.6 Å². The lowest BCUT2D eigenvalue weighted by Crippen LogP contribution is -2.54. The first-order valence-electron chi connectivity index (χ1n) is 10.2. The van der Waals surface area contributed by atoms with Gasteiger partial charge in [-0.3, -0.25) is 19.1 Å². The molecule has 2 bridgehead atoms. The third-order valence-corrected chi connectivity index (χ3v) is 6.08. The molecule has 2 aliphatic heterocycles. The summed E-state index contributed by atoms with van der Waals surface area (Å²) in [7, 11) is 1.28. The summed E-state index contributed by atoms with van der Waals surface area (Å²) >= 11 is 0. The summed E-state index contributed by atoms with van der Waals surface area (Å²) in [5.41, 5.74) is 0.674. The molecule has 8 nitrogen and oxygen atoms in total. The molecule has 4 atom stereocenters. The summed E-state index contributed by atoms with van der Waals surface area (Å²) in [6.07, 6.45) is 0.821. The van der Waals surface area contributed by atoms with Crippen LogP contribution < -0.4 is 10.9 Å². The van der Waals surface area contributed by atoms with Crippen molar-refractivity contribution in [3.8, 4) is 0 Å². The Kier molecular flexibility index (Phi) is 5.51. The Hall–Kier alpha value is -2.87. The van der Waals surface area contributed by atoms with Crippen molar-refractivity contribution in [3.05, 3.63) is 57.9 Å². The number of methoxy groups -OCH3 is 1. The van der Waals surface area contributed by atoms with Crippen LogP contribution in [0.2, 0.25) is 0 Å². The fourth-order valence-electron chi connectivity index (χ4n) is 4.82. The predicted molar refractivity (Wildman–Crippen MR) is 109 cm³/mol. The zero-order valence-electron chi connectivity index (χ0n) is 17.5. The largest absolute Gasteiger partial charge is 0.467 e. The highest BCUT2D eigenvalue weighted by atomic mass is 16.5. The summed E-state index contributed by atoms with van der Waals surface area (Å²) in [6, 6.07) is 7.62. The minimum absolute atomic E-state index is 0.0442. The second kappa shape index (κ2) is 8.10. The van der Waals surface area contributed by atoms with Crippen molar-refractivity contribution in [1.29, 1.82) is 0 Å². The van der Waals surface area contributed by atoms with Gasteiger partial charge in [-0.05, 0) is 38.5 Å². The van der Waals surface area contributed by atoms with E-state index in [0.717, 1.165) is 30.2 Å². The number of amides is 1. The van der Waals surface area contributed by atoms with Crippen LogP contribution in [-0.2, 0) is 20.9 Å². The van der Waals surface area contributed by atoms with E-state index in [1.54, 1.807) is 17.6 Å².